The van der Waals surface area contributed by atoms with Gasteiger partial charge in [-0.1, -0.05) is 38.1 Å². The molecular weight excluding hydrogens is 334 g/mol. The minimum absolute atomic E-state index is 0.0974. The highest BCUT2D eigenvalue weighted by Gasteiger charge is 2.14. The molecule has 0 bridgehead atoms. The fraction of sp³-hybridized carbons (Fsp3) is 0.200. The number of carboxylic acid groups (broad SMARTS) is 1. The molecule has 3 aromatic rings. The van der Waals surface area contributed by atoms with Crippen molar-refractivity contribution in [2.45, 2.75) is 26.7 Å². The molecule has 5 heteroatoms. The third-order valence-electron chi connectivity index (χ3n) is 3.99. The minimum atomic E-state index is -1.14. The van der Waals surface area contributed by atoms with Crippen LogP contribution in [0.1, 0.15) is 40.8 Å². The van der Waals surface area contributed by atoms with Crippen molar-refractivity contribution in [2.24, 2.45) is 0 Å². The number of carbonyl (C=O) groups is 1. The number of hydrogen-bond acceptors (Lipinski definition) is 4. The smallest absolute Gasteiger partial charge is 0.339 e. The number of aromatic hydroxyl groups is 1. The standard InChI is InChI=1S/C20H19NO3S/c1-11(2)19-21-12(3)18(25-19)15-6-4-5-13(9-15)14-7-8-16(20(23)24)17(22)10-14/h4-11,22H,1-3H3,(H,23,24). The minimum Gasteiger partial charge on any atom is -0.507 e. The highest BCUT2D eigenvalue weighted by atomic mass is 32.1. The molecule has 2 N–H and O–H groups in total. The monoisotopic (exact) mass is 353 g/mol. The van der Waals surface area contributed by atoms with E-state index in [0.717, 1.165) is 32.3 Å². The lowest BCUT2D eigenvalue weighted by Crippen LogP contribution is -1.96. The molecule has 0 atom stereocenters. The summed E-state index contributed by atoms with van der Waals surface area (Å²) in [6.45, 7) is 6.27. The average Bonchev–Trinajstić information content (AvgIpc) is 2.97. The van der Waals surface area contributed by atoms with E-state index in [4.69, 9.17) is 5.11 Å². The van der Waals surface area contributed by atoms with E-state index in [-0.39, 0.29) is 11.3 Å². The molecule has 0 fully saturated rings. The SMILES string of the molecule is Cc1nc(C(C)C)sc1-c1cccc(-c2ccc(C(=O)O)c(O)c2)c1. The Balaban J connectivity index is 2.03. The van der Waals surface area contributed by atoms with Gasteiger partial charge in [0.1, 0.15) is 11.3 Å². The van der Waals surface area contributed by atoms with Crippen molar-refractivity contribution in [3.63, 3.8) is 0 Å². The molecule has 4 nitrogen and oxygen atoms in total. The molecule has 1 aromatic heterocycles. The molecular formula is C20H19NO3S. The summed E-state index contributed by atoms with van der Waals surface area (Å²) in [6.07, 6.45) is 0. The Morgan fingerprint density at radius 3 is 2.36 bits per heavy atom. The highest BCUT2D eigenvalue weighted by molar-refractivity contribution is 7.15. The Labute approximate surface area is 150 Å². The van der Waals surface area contributed by atoms with E-state index in [9.17, 15) is 9.90 Å². The fourth-order valence-electron chi connectivity index (χ4n) is 2.66. The summed E-state index contributed by atoms with van der Waals surface area (Å²) in [5.41, 5.74) is 3.68. The first-order valence-electron chi connectivity index (χ1n) is 8.01. The third kappa shape index (κ3) is 3.42. The molecule has 0 radical (unpaired) electrons. The van der Waals surface area contributed by atoms with Crippen LogP contribution in [0.25, 0.3) is 21.6 Å². The van der Waals surface area contributed by atoms with E-state index in [1.165, 1.54) is 12.1 Å². The summed E-state index contributed by atoms with van der Waals surface area (Å²) in [5, 5.41) is 20.1. The molecule has 0 saturated heterocycles. The molecule has 0 spiro atoms. The summed E-state index contributed by atoms with van der Waals surface area (Å²) in [7, 11) is 0. The third-order valence-corrected chi connectivity index (χ3v) is 5.50. The molecule has 0 aliphatic carbocycles. The Morgan fingerprint density at radius 1 is 1.08 bits per heavy atom. The van der Waals surface area contributed by atoms with Crippen LogP contribution < -0.4 is 0 Å². The van der Waals surface area contributed by atoms with Crippen molar-refractivity contribution < 1.29 is 15.0 Å². The molecule has 0 unspecified atom stereocenters. The van der Waals surface area contributed by atoms with Crippen molar-refractivity contribution in [3.8, 4) is 27.3 Å². The Kier molecular flexibility index (Phi) is 4.59. The first-order chi connectivity index (χ1) is 11.9. The van der Waals surface area contributed by atoms with Gasteiger partial charge in [0.15, 0.2) is 0 Å². The molecule has 1 heterocycles. The lowest BCUT2D eigenvalue weighted by Gasteiger charge is -2.07. The van der Waals surface area contributed by atoms with Gasteiger partial charge in [0.25, 0.3) is 0 Å². The van der Waals surface area contributed by atoms with Crippen LogP contribution in [0.3, 0.4) is 0 Å². The van der Waals surface area contributed by atoms with E-state index >= 15 is 0 Å². The van der Waals surface area contributed by atoms with Crippen LogP contribution in [0.2, 0.25) is 0 Å². The maximum absolute atomic E-state index is 11.0. The number of aromatic nitrogens is 1. The predicted octanol–water partition coefficient (Wildman–Crippen LogP) is 5.31. The number of phenols is 1. The zero-order valence-electron chi connectivity index (χ0n) is 14.3. The van der Waals surface area contributed by atoms with Crippen molar-refractivity contribution in [1.82, 2.24) is 4.98 Å². The number of aryl methyl sites for hydroxylation is 1. The average molecular weight is 353 g/mol. The van der Waals surface area contributed by atoms with E-state index in [1.807, 2.05) is 31.2 Å². The maximum atomic E-state index is 11.0. The van der Waals surface area contributed by atoms with Gasteiger partial charge < -0.3 is 10.2 Å². The molecule has 128 valence electrons. The van der Waals surface area contributed by atoms with Gasteiger partial charge in [-0.3, -0.25) is 0 Å². The maximum Gasteiger partial charge on any atom is 0.339 e. The highest BCUT2D eigenvalue weighted by Crippen LogP contribution is 2.35. The van der Waals surface area contributed by atoms with E-state index in [2.05, 4.69) is 18.8 Å². The molecule has 0 aliphatic heterocycles. The van der Waals surface area contributed by atoms with Gasteiger partial charge in [-0.25, -0.2) is 9.78 Å². The summed E-state index contributed by atoms with van der Waals surface area (Å²) >= 11 is 1.70. The molecule has 25 heavy (non-hydrogen) atoms. The number of benzene rings is 2. The van der Waals surface area contributed by atoms with Gasteiger partial charge in [0.05, 0.1) is 15.6 Å². The quantitative estimate of drug-likeness (QED) is 0.666. The molecule has 0 amide bonds. The summed E-state index contributed by atoms with van der Waals surface area (Å²) in [4.78, 5) is 16.8. The summed E-state index contributed by atoms with van der Waals surface area (Å²) in [6, 6.07) is 12.6. The lowest BCUT2D eigenvalue weighted by molar-refractivity contribution is 0.0694. The molecule has 0 aliphatic rings. The van der Waals surface area contributed by atoms with Gasteiger partial charge in [-0.15, -0.1) is 11.3 Å². The first kappa shape index (κ1) is 17.2. The molecule has 3 rings (SSSR count). The number of rotatable bonds is 4. The second kappa shape index (κ2) is 6.69. The van der Waals surface area contributed by atoms with E-state index in [0.29, 0.717) is 5.92 Å². The molecule has 0 saturated carbocycles. The normalized spacial score (nSPS) is 11.0. The van der Waals surface area contributed by atoms with Crippen LogP contribution in [0.5, 0.6) is 5.75 Å². The number of carboxylic acids is 1. The zero-order valence-corrected chi connectivity index (χ0v) is 15.1. The van der Waals surface area contributed by atoms with Gasteiger partial charge in [-0.2, -0.15) is 0 Å². The predicted molar refractivity (Wildman–Crippen MR) is 100 cm³/mol. The van der Waals surface area contributed by atoms with Crippen LogP contribution in [-0.2, 0) is 0 Å². The van der Waals surface area contributed by atoms with Gasteiger partial charge >= 0.3 is 5.97 Å². The van der Waals surface area contributed by atoms with Crippen LogP contribution in [0, 0.1) is 6.92 Å². The molecule has 2 aromatic carbocycles. The van der Waals surface area contributed by atoms with Gasteiger partial charge in [0, 0.05) is 5.92 Å². The number of hydrogen-bond donors (Lipinski definition) is 2. The van der Waals surface area contributed by atoms with Crippen molar-refractivity contribution in [3.05, 3.63) is 58.7 Å². The Morgan fingerprint density at radius 2 is 1.76 bits per heavy atom. The first-order valence-corrected chi connectivity index (χ1v) is 8.83. The van der Waals surface area contributed by atoms with Crippen molar-refractivity contribution in [1.29, 1.82) is 0 Å². The van der Waals surface area contributed by atoms with Gasteiger partial charge in [0.2, 0.25) is 0 Å². The van der Waals surface area contributed by atoms with Crippen LogP contribution >= 0.6 is 11.3 Å². The summed E-state index contributed by atoms with van der Waals surface area (Å²) < 4.78 is 0. The van der Waals surface area contributed by atoms with Crippen LogP contribution in [0.15, 0.2) is 42.5 Å². The van der Waals surface area contributed by atoms with E-state index in [1.54, 1.807) is 17.4 Å². The van der Waals surface area contributed by atoms with Crippen LogP contribution in [-0.4, -0.2) is 21.2 Å². The van der Waals surface area contributed by atoms with Crippen LogP contribution in [0.4, 0.5) is 0 Å². The van der Waals surface area contributed by atoms with E-state index < -0.39 is 5.97 Å². The largest absolute Gasteiger partial charge is 0.507 e. The van der Waals surface area contributed by atoms with Crippen molar-refractivity contribution >= 4 is 17.3 Å². The number of aromatic carboxylic acids is 1. The lowest BCUT2D eigenvalue weighted by atomic mass is 10.0. The van der Waals surface area contributed by atoms with Crippen molar-refractivity contribution in [2.75, 3.05) is 0 Å². The topological polar surface area (TPSA) is 70.4 Å². The Hall–Kier alpha value is -2.66. The number of nitrogens with zero attached hydrogens (tertiary/aromatic N) is 1. The summed E-state index contributed by atoms with van der Waals surface area (Å²) in [5.74, 6) is -0.980. The second-order valence-electron chi connectivity index (χ2n) is 6.24. The zero-order chi connectivity index (χ0) is 18.1. The number of thiazole rings is 1. The Bertz CT molecular complexity index is 944. The second-order valence-corrected chi connectivity index (χ2v) is 7.27. The van der Waals surface area contributed by atoms with Gasteiger partial charge in [-0.05, 0) is 41.8 Å². The fourth-order valence-corrected chi connectivity index (χ4v) is 3.73.